The van der Waals surface area contributed by atoms with Crippen LogP contribution < -0.4 is 15.6 Å². The van der Waals surface area contributed by atoms with Crippen molar-refractivity contribution in [2.24, 2.45) is 0 Å². The molecule has 13 heteroatoms. The van der Waals surface area contributed by atoms with Crippen molar-refractivity contribution in [1.29, 1.82) is 0 Å². The number of nitrogens with one attached hydrogen (secondary N) is 1. The summed E-state index contributed by atoms with van der Waals surface area (Å²) in [5.74, 6) is -6.85. The molecule has 0 radical (unpaired) electrons. The number of amides is 2. The van der Waals surface area contributed by atoms with Gasteiger partial charge in [0.2, 0.25) is 11.3 Å². The average molecular weight is 505 g/mol. The first-order valence-corrected chi connectivity index (χ1v) is 10.9. The second-order valence-electron chi connectivity index (χ2n) is 9.33. The highest BCUT2D eigenvalue weighted by atomic mass is 19.3. The van der Waals surface area contributed by atoms with E-state index in [-0.39, 0.29) is 29.8 Å². The SMILES string of the molecule is CC1(NC(=O)c2cn(-c3ncc(F)cc3F)c3nc(N4CC(O)CC4=O)ccc3c2=O)CC(F)(F)C1. The Kier molecular flexibility index (Phi) is 5.36. The van der Waals surface area contributed by atoms with E-state index in [1.807, 2.05) is 0 Å². The molecular formula is C23H19F4N5O4. The Hall–Kier alpha value is -3.87. The fourth-order valence-electron chi connectivity index (χ4n) is 4.68. The molecule has 0 bridgehead atoms. The van der Waals surface area contributed by atoms with Crippen LogP contribution >= 0.6 is 0 Å². The minimum atomic E-state index is -2.94. The molecule has 1 aliphatic heterocycles. The van der Waals surface area contributed by atoms with E-state index in [2.05, 4.69) is 15.3 Å². The number of alkyl halides is 2. The van der Waals surface area contributed by atoms with E-state index in [4.69, 9.17) is 0 Å². The van der Waals surface area contributed by atoms with Gasteiger partial charge in [0.1, 0.15) is 17.2 Å². The Labute approximate surface area is 200 Å². The van der Waals surface area contributed by atoms with Gasteiger partial charge in [0.15, 0.2) is 17.3 Å². The number of anilines is 1. The number of β-amino-alcohol motifs (C(OH)–C–C–N with tert-alkyl or cyclic N) is 1. The topological polar surface area (TPSA) is 117 Å². The summed E-state index contributed by atoms with van der Waals surface area (Å²) < 4.78 is 56.0. The first-order chi connectivity index (χ1) is 16.9. The van der Waals surface area contributed by atoms with Gasteiger partial charge in [0, 0.05) is 30.6 Å². The number of aromatic nitrogens is 3. The number of hydrogen-bond donors (Lipinski definition) is 2. The van der Waals surface area contributed by atoms with Crippen molar-refractivity contribution in [1.82, 2.24) is 19.9 Å². The molecule has 2 fully saturated rings. The maximum Gasteiger partial charge on any atom is 0.257 e. The maximum atomic E-state index is 14.7. The van der Waals surface area contributed by atoms with Gasteiger partial charge in [0.25, 0.3) is 11.8 Å². The number of carbonyl (C=O) groups excluding carboxylic acids is 2. The lowest BCUT2D eigenvalue weighted by Crippen LogP contribution is -2.60. The molecular weight excluding hydrogens is 486 g/mol. The number of aliphatic hydroxyl groups is 1. The summed E-state index contributed by atoms with van der Waals surface area (Å²) in [7, 11) is 0. The summed E-state index contributed by atoms with van der Waals surface area (Å²) in [6.07, 6.45) is -0.591. The van der Waals surface area contributed by atoms with Gasteiger partial charge in [0.05, 0.1) is 30.7 Å². The second kappa shape index (κ2) is 8.08. The highest BCUT2D eigenvalue weighted by Crippen LogP contribution is 2.45. The van der Waals surface area contributed by atoms with Gasteiger partial charge in [-0.2, -0.15) is 0 Å². The van der Waals surface area contributed by atoms with Gasteiger partial charge in [-0.05, 0) is 19.1 Å². The van der Waals surface area contributed by atoms with Crippen LogP contribution in [0.2, 0.25) is 0 Å². The smallest absolute Gasteiger partial charge is 0.257 e. The number of rotatable bonds is 4. The standard InChI is InChI=1S/C23H19F4N5O4/c1-22(9-23(26,27)10-22)30-21(36)14-8-32(20-15(25)4-11(24)6-28-20)19-13(18(14)35)2-3-16(29-19)31-7-12(33)5-17(31)34/h2-4,6,8,12,33H,5,7,9-10H2,1H3,(H,30,36). The normalized spacial score (nSPS) is 20.4. The second-order valence-corrected chi connectivity index (χ2v) is 9.33. The van der Waals surface area contributed by atoms with Crippen molar-refractivity contribution in [3.8, 4) is 5.82 Å². The fraction of sp³-hybridized carbons (Fsp3) is 0.348. The van der Waals surface area contributed by atoms with Crippen LogP contribution in [0.3, 0.4) is 0 Å². The Bertz CT molecular complexity index is 1480. The number of aliphatic hydroxyl groups excluding tert-OH is 1. The predicted octanol–water partition coefficient (Wildman–Crippen LogP) is 2.07. The minimum Gasteiger partial charge on any atom is -0.391 e. The van der Waals surface area contributed by atoms with Crippen LogP contribution in [0.4, 0.5) is 23.4 Å². The molecule has 1 atom stereocenters. The van der Waals surface area contributed by atoms with E-state index >= 15 is 0 Å². The Morgan fingerprint density at radius 3 is 2.56 bits per heavy atom. The van der Waals surface area contributed by atoms with Crippen molar-refractivity contribution in [3.63, 3.8) is 0 Å². The predicted molar refractivity (Wildman–Crippen MR) is 118 cm³/mol. The lowest BCUT2D eigenvalue weighted by molar-refractivity contribution is -0.124. The molecule has 188 valence electrons. The third-order valence-corrected chi connectivity index (χ3v) is 6.19. The van der Waals surface area contributed by atoms with Crippen LogP contribution in [0.25, 0.3) is 16.9 Å². The van der Waals surface area contributed by atoms with E-state index in [0.717, 1.165) is 17.0 Å². The molecule has 4 heterocycles. The van der Waals surface area contributed by atoms with Gasteiger partial charge in [-0.15, -0.1) is 0 Å². The molecule has 1 aliphatic carbocycles. The van der Waals surface area contributed by atoms with Crippen molar-refractivity contribution >= 4 is 28.7 Å². The molecule has 3 aromatic rings. The molecule has 3 aromatic heterocycles. The van der Waals surface area contributed by atoms with E-state index in [9.17, 15) is 37.1 Å². The van der Waals surface area contributed by atoms with E-state index in [1.165, 1.54) is 24.0 Å². The summed E-state index contributed by atoms with van der Waals surface area (Å²) >= 11 is 0. The first kappa shape index (κ1) is 23.9. The number of nitrogens with zero attached hydrogens (tertiary/aromatic N) is 4. The number of hydrogen-bond acceptors (Lipinski definition) is 6. The third kappa shape index (κ3) is 4.08. The van der Waals surface area contributed by atoms with Crippen LogP contribution in [-0.4, -0.2) is 55.6 Å². The van der Waals surface area contributed by atoms with E-state index in [0.29, 0.717) is 6.07 Å². The highest BCUT2D eigenvalue weighted by molar-refractivity contribution is 5.99. The van der Waals surface area contributed by atoms with Crippen LogP contribution in [0.15, 0.2) is 35.4 Å². The van der Waals surface area contributed by atoms with Gasteiger partial charge < -0.3 is 10.4 Å². The summed E-state index contributed by atoms with van der Waals surface area (Å²) in [6.45, 7) is 1.37. The monoisotopic (exact) mass is 505 g/mol. The molecule has 2 amide bonds. The molecule has 2 aliphatic rings. The number of halogens is 4. The highest BCUT2D eigenvalue weighted by Gasteiger charge is 2.54. The van der Waals surface area contributed by atoms with Gasteiger partial charge in [-0.25, -0.2) is 27.5 Å². The quantitative estimate of drug-likeness (QED) is 0.525. The molecule has 0 spiro atoms. The molecule has 2 N–H and O–H groups in total. The van der Waals surface area contributed by atoms with E-state index in [1.54, 1.807) is 0 Å². The Morgan fingerprint density at radius 2 is 1.94 bits per heavy atom. The zero-order chi connectivity index (χ0) is 26.0. The summed E-state index contributed by atoms with van der Waals surface area (Å²) in [5, 5.41) is 12.1. The first-order valence-electron chi connectivity index (χ1n) is 10.9. The lowest BCUT2D eigenvalue weighted by atomic mass is 9.75. The van der Waals surface area contributed by atoms with Crippen LogP contribution in [0.1, 0.15) is 36.5 Å². The van der Waals surface area contributed by atoms with Crippen molar-refractivity contribution in [2.45, 2.75) is 43.8 Å². The molecule has 0 aromatic carbocycles. The number of fused-ring (bicyclic) bond motifs is 1. The molecule has 1 saturated carbocycles. The van der Waals surface area contributed by atoms with Crippen molar-refractivity contribution in [2.75, 3.05) is 11.4 Å². The van der Waals surface area contributed by atoms with Crippen molar-refractivity contribution < 1.29 is 32.3 Å². The largest absolute Gasteiger partial charge is 0.391 e. The zero-order valence-electron chi connectivity index (χ0n) is 18.8. The van der Waals surface area contributed by atoms with Crippen molar-refractivity contribution in [3.05, 3.63) is 58.0 Å². The summed E-state index contributed by atoms with van der Waals surface area (Å²) in [4.78, 5) is 47.6. The van der Waals surface area contributed by atoms with E-state index < -0.39 is 70.7 Å². The molecule has 1 saturated heterocycles. The molecule has 9 nitrogen and oxygen atoms in total. The lowest BCUT2D eigenvalue weighted by Gasteiger charge is -2.45. The number of carbonyl (C=O) groups is 2. The zero-order valence-corrected chi connectivity index (χ0v) is 18.8. The molecule has 36 heavy (non-hydrogen) atoms. The minimum absolute atomic E-state index is 0.0472. The Balaban J connectivity index is 1.66. The van der Waals surface area contributed by atoms with Gasteiger partial charge in [-0.1, -0.05) is 0 Å². The van der Waals surface area contributed by atoms with Crippen LogP contribution in [0.5, 0.6) is 0 Å². The van der Waals surface area contributed by atoms with Gasteiger partial charge >= 0.3 is 0 Å². The Morgan fingerprint density at radius 1 is 1.22 bits per heavy atom. The third-order valence-electron chi connectivity index (χ3n) is 6.19. The average Bonchev–Trinajstić information content (AvgIpc) is 3.10. The molecule has 5 rings (SSSR count). The maximum absolute atomic E-state index is 14.7. The van der Waals surface area contributed by atoms with Crippen LogP contribution in [-0.2, 0) is 4.79 Å². The summed E-state index contributed by atoms with van der Waals surface area (Å²) in [6, 6.07) is 3.15. The fourth-order valence-corrected chi connectivity index (χ4v) is 4.68. The molecule has 1 unspecified atom stereocenters. The van der Waals surface area contributed by atoms with Crippen LogP contribution in [0, 0.1) is 11.6 Å². The van der Waals surface area contributed by atoms with Gasteiger partial charge in [-0.3, -0.25) is 23.9 Å². The number of pyridine rings is 3. The summed E-state index contributed by atoms with van der Waals surface area (Å²) in [5.41, 5.74) is -2.75.